The van der Waals surface area contributed by atoms with Crippen LogP contribution in [0.15, 0.2) is 88.8 Å². The molecule has 3 aromatic carbocycles. The molecule has 0 aliphatic heterocycles. The van der Waals surface area contributed by atoms with Gasteiger partial charge in [0, 0.05) is 16.5 Å². The van der Waals surface area contributed by atoms with Gasteiger partial charge < -0.3 is 10.5 Å². The normalized spacial score (nSPS) is 12.1. The van der Waals surface area contributed by atoms with Crippen LogP contribution in [-0.4, -0.2) is 34.4 Å². The number of hydrogen-bond acceptors (Lipinski definition) is 4. The monoisotopic (exact) mass is 439 g/mol. The Hall–Kier alpha value is -4.59. The van der Waals surface area contributed by atoms with Gasteiger partial charge in [-0.1, -0.05) is 36.4 Å². The zero-order valence-electron chi connectivity index (χ0n) is 18.1. The van der Waals surface area contributed by atoms with E-state index in [-0.39, 0.29) is 17.5 Å². The Kier molecular flexibility index (Phi) is 6.08. The third kappa shape index (κ3) is 4.54. The number of benzene rings is 3. The number of nitrogens with zero attached hydrogens (tertiary/aromatic N) is 4. The molecule has 0 atom stereocenters. The first-order valence-electron chi connectivity index (χ1n) is 10.1. The summed E-state index contributed by atoms with van der Waals surface area (Å²) in [6.45, 7) is 1.79. The number of rotatable bonds is 3. The van der Waals surface area contributed by atoms with Gasteiger partial charge in [-0.2, -0.15) is 9.98 Å². The number of nitrogens with two attached hydrogens (primary N) is 1. The molecule has 2 N–H and O–H groups in total. The minimum atomic E-state index is -0.542. The number of guanidine groups is 1. The van der Waals surface area contributed by atoms with E-state index in [1.165, 1.54) is 4.57 Å². The average Bonchev–Trinajstić information content (AvgIpc) is 2.84. The minimum absolute atomic E-state index is 0.0149. The van der Waals surface area contributed by atoms with Crippen molar-refractivity contribution in [2.24, 2.45) is 15.7 Å². The van der Waals surface area contributed by atoms with Gasteiger partial charge in [-0.05, 0) is 49.4 Å². The minimum Gasteiger partial charge on any atom is -0.497 e. The maximum Gasteiger partial charge on any atom is 0.280 e. The predicted octanol–water partition coefficient (Wildman–Crippen LogP) is 3.10. The van der Waals surface area contributed by atoms with Crippen molar-refractivity contribution in [2.45, 2.75) is 6.92 Å². The highest BCUT2D eigenvalue weighted by Crippen LogP contribution is 2.22. The molecule has 4 rings (SSSR count). The first kappa shape index (κ1) is 21.6. The molecule has 0 spiro atoms. The Morgan fingerprint density at radius 1 is 0.939 bits per heavy atom. The lowest BCUT2D eigenvalue weighted by atomic mass is 10.1. The molecule has 164 valence electrons. The van der Waals surface area contributed by atoms with E-state index >= 15 is 0 Å². The number of fused-ring (bicyclic) bond motifs is 1. The summed E-state index contributed by atoms with van der Waals surface area (Å²) in [4.78, 5) is 38.4. The molecule has 0 aliphatic rings. The molecule has 0 unspecified atom stereocenters. The lowest BCUT2D eigenvalue weighted by Gasteiger charge is -2.13. The van der Waals surface area contributed by atoms with Crippen LogP contribution in [0.4, 0.5) is 0 Å². The van der Waals surface area contributed by atoms with Gasteiger partial charge in [-0.3, -0.25) is 9.59 Å². The summed E-state index contributed by atoms with van der Waals surface area (Å²) in [7, 11) is 1.57. The van der Waals surface area contributed by atoms with Crippen LogP contribution in [0.25, 0.3) is 10.9 Å². The highest BCUT2D eigenvalue weighted by molar-refractivity contribution is 6.03. The van der Waals surface area contributed by atoms with Crippen LogP contribution in [0.1, 0.15) is 26.4 Å². The Balaban J connectivity index is 1.92. The summed E-state index contributed by atoms with van der Waals surface area (Å²) in [5.74, 6) is -0.567. The Morgan fingerprint density at radius 2 is 1.58 bits per heavy atom. The number of amides is 1. The first-order valence-corrected chi connectivity index (χ1v) is 10.1. The topological polar surface area (TPSA) is 112 Å². The predicted molar refractivity (Wildman–Crippen MR) is 125 cm³/mol. The number of aliphatic imine (C=N–C) groups is 1. The quantitative estimate of drug-likeness (QED) is 0.389. The number of aryl methyl sites for hydroxylation is 1. The molecule has 0 aliphatic carbocycles. The van der Waals surface area contributed by atoms with E-state index in [1.807, 2.05) is 6.07 Å². The van der Waals surface area contributed by atoms with Crippen molar-refractivity contribution in [1.82, 2.24) is 9.55 Å². The van der Waals surface area contributed by atoms with Gasteiger partial charge in [0.2, 0.25) is 11.6 Å². The molecule has 4 aromatic rings. The van der Waals surface area contributed by atoms with Crippen molar-refractivity contribution in [3.05, 3.63) is 101 Å². The third-order valence-corrected chi connectivity index (χ3v) is 4.98. The van der Waals surface area contributed by atoms with Crippen molar-refractivity contribution in [1.29, 1.82) is 0 Å². The number of carbonyl (C=O) groups is 2. The number of hydrogen-bond donors (Lipinski definition) is 1. The molecule has 1 aromatic heterocycles. The van der Waals surface area contributed by atoms with Crippen LogP contribution in [0.3, 0.4) is 0 Å². The summed E-state index contributed by atoms with van der Waals surface area (Å²) < 4.78 is 6.67. The summed E-state index contributed by atoms with van der Waals surface area (Å²) >= 11 is 0. The number of ether oxygens (including phenoxy) is 1. The van der Waals surface area contributed by atoms with Crippen molar-refractivity contribution < 1.29 is 14.3 Å². The van der Waals surface area contributed by atoms with Crippen LogP contribution in [0.2, 0.25) is 0 Å². The summed E-state index contributed by atoms with van der Waals surface area (Å²) in [6.07, 6.45) is 0. The molecular formula is C25H21N5O3. The average molecular weight is 439 g/mol. The second-order valence-corrected chi connectivity index (χ2v) is 7.14. The largest absolute Gasteiger partial charge is 0.497 e. The van der Waals surface area contributed by atoms with E-state index in [4.69, 9.17) is 10.5 Å². The Labute approximate surface area is 189 Å². The van der Waals surface area contributed by atoms with E-state index in [9.17, 15) is 9.59 Å². The zero-order valence-corrected chi connectivity index (χ0v) is 18.1. The molecule has 0 bridgehead atoms. The number of aromatic nitrogens is 2. The molecule has 0 saturated carbocycles. The highest BCUT2D eigenvalue weighted by Gasteiger charge is 2.16. The lowest BCUT2D eigenvalue weighted by molar-refractivity contribution is 0.0957. The van der Waals surface area contributed by atoms with E-state index < -0.39 is 5.91 Å². The Morgan fingerprint density at radius 3 is 2.21 bits per heavy atom. The summed E-state index contributed by atoms with van der Waals surface area (Å²) in [6, 6.07) is 22.6. The molecule has 1 amide bonds. The summed E-state index contributed by atoms with van der Waals surface area (Å²) in [5.41, 5.74) is 7.98. The maximum atomic E-state index is 13.5. The molecule has 0 radical (unpaired) electrons. The second-order valence-electron chi connectivity index (χ2n) is 7.14. The molecule has 0 saturated heterocycles. The highest BCUT2D eigenvalue weighted by atomic mass is 16.5. The van der Waals surface area contributed by atoms with E-state index in [1.54, 1.807) is 86.8 Å². The van der Waals surface area contributed by atoms with Gasteiger partial charge in [0.15, 0.2) is 0 Å². The molecular weight excluding hydrogens is 418 g/mol. The van der Waals surface area contributed by atoms with Crippen molar-refractivity contribution >= 4 is 28.7 Å². The van der Waals surface area contributed by atoms with Gasteiger partial charge in [-0.25, -0.2) is 9.55 Å². The van der Waals surface area contributed by atoms with Crippen LogP contribution in [0, 0.1) is 6.92 Å². The van der Waals surface area contributed by atoms with E-state index in [0.717, 1.165) is 0 Å². The zero-order chi connectivity index (χ0) is 23.4. The second kappa shape index (κ2) is 9.27. The first-order chi connectivity index (χ1) is 16.0. The fraction of sp³-hybridized carbons (Fsp3) is 0.0800. The lowest BCUT2D eigenvalue weighted by Crippen LogP contribution is -2.33. The van der Waals surface area contributed by atoms with Gasteiger partial charge in [0.1, 0.15) is 5.75 Å². The van der Waals surface area contributed by atoms with Crippen LogP contribution in [0.5, 0.6) is 5.75 Å². The standard InChI is InChI=1S/C25H21N5O3/c1-16-20-15-19(33-2)13-14-21(20)30(23(32)18-11-7-4-8-12-18)25(27-16)29-24(26)28-22(31)17-9-5-3-6-10-17/h3-15H,1-2H3,(H2,26,28,31)/b29-25+. The van der Waals surface area contributed by atoms with Gasteiger partial charge in [0.25, 0.3) is 11.8 Å². The van der Waals surface area contributed by atoms with Gasteiger partial charge >= 0.3 is 0 Å². The van der Waals surface area contributed by atoms with E-state index in [2.05, 4.69) is 15.0 Å². The molecule has 1 heterocycles. The van der Waals surface area contributed by atoms with Crippen LogP contribution >= 0.6 is 0 Å². The van der Waals surface area contributed by atoms with Crippen molar-refractivity contribution in [2.75, 3.05) is 7.11 Å². The summed E-state index contributed by atoms with van der Waals surface area (Å²) in [5, 5.41) is 0.716. The van der Waals surface area contributed by atoms with Crippen molar-refractivity contribution in [3.63, 3.8) is 0 Å². The maximum absolute atomic E-state index is 13.5. The molecule has 0 fully saturated rings. The number of carbonyl (C=O) groups excluding carboxylic acids is 2. The van der Waals surface area contributed by atoms with Gasteiger partial charge in [-0.15, -0.1) is 0 Å². The van der Waals surface area contributed by atoms with Crippen LogP contribution < -0.4 is 16.1 Å². The number of methoxy groups -OCH3 is 1. The smallest absolute Gasteiger partial charge is 0.280 e. The fourth-order valence-corrected chi connectivity index (χ4v) is 3.36. The van der Waals surface area contributed by atoms with Crippen molar-refractivity contribution in [3.8, 4) is 5.75 Å². The van der Waals surface area contributed by atoms with Crippen LogP contribution in [-0.2, 0) is 0 Å². The molecule has 33 heavy (non-hydrogen) atoms. The fourth-order valence-electron chi connectivity index (χ4n) is 3.36. The van der Waals surface area contributed by atoms with Gasteiger partial charge in [0.05, 0.1) is 18.3 Å². The third-order valence-electron chi connectivity index (χ3n) is 4.98. The molecule has 8 heteroatoms. The Bertz CT molecular complexity index is 1440. The SMILES string of the molecule is COc1ccc2c(c1)c(C)n/c(=N\C(N)=NC(=O)c1ccccc1)n2C(=O)c1ccccc1. The van der Waals surface area contributed by atoms with E-state index in [0.29, 0.717) is 33.5 Å². The molecule has 8 nitrogen and oxygen atoms in total.